The van der Waals surface area contributed by atoms with Gasteiger partial charge in [-0.15, -0.1) is 0 Å². The summed E-state index contributed by atoms with van der Waals surface area (Å²) < 4.78 is 40.5. The summed E-state index contributed by atoms with van der Waals surface area (Å²) in [5.41, 5.74) is 0.281. The second kappa shape index (κ2) is 6.84. The number of hydrogen-bond donors (Lipinski definition) is 0. The van der Waals surface area contributed by atoms with Crippen molar-refractivity contribution in [3.05, 3.63) is 59.9 Å². The molecule has 0 aromatic heterocycles. The fourth-order valence-corrected chi connectivity index (χ4v) is 4.14. The minimum atomic E-state index is -3.97. The van der Waals surface area contributed by atoms with Crippen molar-refractivity contribution in [1.29, 1.82) is 0 Å². The van der Waals surface area contributed by atoms with E-state index in [0.717, 1.165) is 17.1 Å². The van der Waals surface area contributed by atoms with Crippen LogP contribution in [0.2, 0.25) is 0 Å². The monoisotopic (exact) mass is 362 g/mol. The third kappa shape index (κ3) is 3.37. The highest BCUT2D eigenvalue weighted by Crippen LogP contribution is 2.25. The lowest BCUT2D eigenvalue weighted by molar-refractivity contribution is 0.0792. The SMILES string of the molecule is CN(c1ccccc1F)S(=O)(=O)c1cccc(C(=O)N2CCCC2)c1. The van der Waals surface area contributed by atoms with E-state index in [1.165, 1.54) is 43.4 Å². The van der Waals surface area contributed by atoms with E-state index in [1.807, 2.05) is 0 Å². The minimum Gasteiger partial charge on any atom is -0.339 e. The molecule has 3 rings (SSSR count). The fourth-order valence-electron chi connectivity index (χ4n) is 2.89. The van der Waals surface area contributed by atoms with Gasteiger partial charge in [0.25, 0.3) is 15.9 Å². The number of anilines is 1. The minimum absolute atomic E-state index is 0.0386. The van der Waals surface area contributed by atoms with Crippen molar-refractivity contribution < 1.29 is 17.6 Å². The molecule has 0 atom stereocenters. The van der Waals surface area contributed by atoms with Crippen LogP contribution in [-0.2, 0) is 10.0 Å². The van der Waals surface area contributed by atoms with E-state index in [2.05, 4.69) is 0 Å². The average molecular weight is 362 g/mol. The van der Waals surface area contributed by atoms with E-state index in [0.29, 0.717) is 18.7 Å². The van der Waals surface area contributed by atoms with Crippen molar-refractivity contribution in [2.24, 2.45) is 0 Å². The highest BCUT2D eigenvalue weighted by Gasteiger charge is 2.25. The number of amides is 1. The Hall–Kier alpha value is -2.41. The van der Waals surface area contributed by atoms with Gasteiger partial charge in [-0.2, -0.15) is 0 Å². The number of hydrogen-bond acceptors (Lipinski definition) is 3. The average Bonchev–Trinajstić information content (AvgIpc) is 3.15. The summed E-state index contributed by atoms with van der Waals surface area (Å²) in [7, 11) is -2.68. The van der Waals surface area contributed by atoms with Gasteiger partial charge in [-0.3, -0.25) is 9.10 Å². The predicted molar refractivity (Wildman–Crippen MR) is 93.6 cm³/mol. The smallest absolute Gasteiger partial charge is 0.264 e. The molecule has 25 heavy (non-hydrogen) atoms. The number of carbonyl (C=O) groups is 1. The lowest BCUT2D eigenvalue weighted by Gasteiger charge is -2.21. The molecule has 7 heteroatoms. The van der Waals surface area contributed by atoms with E-state index in [4.69, 9.17) is 0 Å². The Morgan fingerprint density at radius 1 is 1.08 bits per heavy atom. The van der Waals surface area contributed by atoms with Crippen LogP contribution >= 0.6 is 0 Å². The summed E-state index contributed by atoms with van der Waals surface area (Å²) >= 11 is 0. The van der Waals surface area contributed by atoms with Crippen LogP contribution in [0.3, 0.4) is 0 Å². The van der Waals surface area contributed by atoms with Crippen molar-refractivity contribution in [2.75, 3.05) is 24.4 Å². The van der Waals surface area contributed by atoms with Gasteiger partial charge >= 0.3 is 0 Å². The van der Waals surface area contributed by atoms with Crippen molar-refractivity contribution >= 4 is 21.6 Å². The molecule has 1 saturated heterocycles. The van der Waals surface area contributed by atoms with Gasteiger partial charge < -0.3 is 4.90 Å². The number of carbonyl (C=O) groups excluding carboxylic acids is 1. The summed E-state index contributed by atoms with van der Waals surface area (Å²) in [6.45, 7) is 1.37. The quantitative estimate of drug-likeness (QED) is 0.840. The number of halogens is 1. The maximum Gasteiger partial charge on any atom is 0.264 e. The van der Waals surface area contributed by atoms with Crippen LogP contribution in [0.15, 0.2) is 53.4 Å². The van der Waals surface area contributed by atoms with Crippen molar-refractivity contribution in [1.82, 2.24) is 4.90 Å². The van der Waals surface area contributed by atoms with Gasteiger partial charge in [-0.25, -0.2) is 12.8 Å². The molecule has 0 bridgehead atoms. The van der Waals surface area contributed by atoms with E-state index >= 15 is 0 Å². The molecule has 2 aromatic rings. The molecule has 0 spiro atoms. The highest BCUT2D eigenvalue weighted by molar-refractivity contribution is 7.92. The molecule has 5 nitrogen and oxygen atoms in total. The summed E-state index contributed by atoms with van der Waals surface area (Å²) in [4.78, 5) is 14.2. The molecule has 2 aromatic carbocycles. The second-order valence-corrected chi connectivity index (χ2v) is 7.92. The van der Waals surface area contributed by atoms with Crippen LogP contribution in [0.4, 0.5) is 10.1 Å². The van der Waals surface area contributed by atoms with Crippen molar-refractivity contribution in [3.8, 4) is 0 Å². The lowest BCUT2D eigenvalue weighted by Crippen LogP contribution is -2.29. The summed E-state index contributed by atoms with van der Waals surface area (Å²) in [5, 5.41) is 0. The van der Waals surface area contributed by atoms with Gasteiger partial charge in [0.2, 0.25) is 0 Å². The maximum atomic E-state index is 13.9. The summed E-state index contributed by atoms with van der Waals surface area (Å²) in [6.07, 6.45) is 1.92. The van der Waals surface area contributed by atoms with E-state index in [9.17, 15) is 17.6 Å². The first kappa shape index (κ1) is 17.4. The van der Waals surface area contributed by atoms with Crippen LogP contribution in [-0.4, -0.2) is 39.4 Å². The number of nitrogens with zero attached hydrogens (tertiary/aromatic N) is 2. The molecule has 0 unspecified atom stereocenters. The van der Waals surface area contributed by atoms with E-state index < -0.39 is 15.8 Å². The first-order valence-electron chi connectivity index (χ1n) is 8.04. The third-order valence-electron chi connectivity index (χ3n) is 4.32. The normalized spacial score (nSPS) is 14.6. The third-order valence-corrected chi connectivity index (χ3v) is 6.09. The second-order valence-electron chi connectivity index (χ2n) is 5.95. The van der Waals surface area contributed by atoms with Crippen LogP contribution in [0.1, 0.15) is 23.2 Å². The molecule has 0 radical (unpaired) electrons. The Bertz CT molecular complexity index is 893. The van der Waals surface area contributed by atoms with Crippen molar-refractivity contribution in [2.45, 2.75) is 17.7 Å². The molecular formula is C18H19FN2O3S. The Kier molecular flexibility index (Phi) is 4.76. The molecule has 1 fully saturated rings. The van der Waals surface area contributed by atoms with Crippen LogP contribution in [0, 0.1) is 5.82 Å². The molecule has 0 saturated carbocycles. The van der Waals surface area contributed by atoms with E-state index in [1.54, 1.807) is 17.0 Å². The zero-order valence-electron chi connectivity index (χ0n) is 13.9. The number of benzene rings is 2. The van der Waals surface area contributed by atoms with Gasteiger partial charge in [0, 0.05) is 25.7 Å². The van der Waals surface area contributed by atoms with Crippen LogP contribution < -0.4 is 4.31 Å². The van der Waals surface area contributed by atoms with Gasteiger partial charge in [0.05, 0.1) is 10.6 Å². The molecule has 0 aliphatic carbocycles. The molecule has 1 aliphatic heterocycles. The van der Waals surface area contributed by atoms with Gasteiger partial charge in [-0.1, -0.05) is 18.2 Å². The zero-order valence-corrected chi connectivity index (χ0v) is 14.7. The molecular weight excluding hydrogens is 343 g/mol. The Morgan fingerprint density at radius 2 is 1.76 bits per heavy atom. The van der Waals surface area contributed by atoms with Crippen molar-refractivity contribution in [3.63, 3.8) is 0 Å². The molecule has 1 heterocycles. The zero-order chi connectivity index (χ0) is 18.0. The Labute approximate surface area is 146 Å². The molecule has 1 aliphatic rings. The van der Waals surface area contributed by atoms with Gasteiger partial charge in [0.1, 0.15) is 5.82 Å². The van der Waals surface area contributed by atoms with Gasteiger partial charge in [-0.05, 0) is 43.2 Å². The van der Waals surface area contributed by atoms with E-state index in [-0.39, 0.29) is 16.5 Å². The van der Waals surface area contributed by atoms with Crippen LogP contribution in [0.5, 0.6) is 0 Å². The Balaban J connectivity index is 1.94. The maximum absolute atomic E-state index is 13.9. The molecule has 0 N–H and O–H groups in total. The summed E-state index contributed by atoms with van der Waals surface area (Å²) in [6, 6.07) is 11.6. The summed E-state index contributed by atoms with van der Waals surface area (Å²) in [5.74, 6) is -0.805. The Morgan fingerprint density at radius 3 is 2.44 bits per heavy atom. The number of sulfonamides is 1. The van der Waals surface area contributed by atoms with Crippen LogP contribution in [0.25, 0.3) is 0 Å². The number of para-hydroxylation sites is 1. The number of rotatable bonds is 4. The first-order valence-corrected chi connectivity index (χ1v) is 9.48. The molecule has 1 amide bonds. The largest absolute Gasteiger partial charge is 0.339 e. The predicted octanol–water partition coefficient (Wildman–Crippen LogP) is 2.89. The number of likely N-dealkylation sites (tertiary alicyclic amines) is 1. The highest BCUT2D eigenvalue weighted by atomic mass is 32.2. The lowest BCUT2D eigenvalue weighted by atomic mass is 10.2. The standard InChI is InChI=1S/C18H19FN2O3S/c1-20(17-10-3-2-9-16(17)19)25(23,24)15-8-6-7-14(13-15)18(22)21-11-4-5-12-21/h2-3,6-10,13H,4-5,11-12H2,1H3. The first-order chi connectivity index (χ1) is 11.9. The topological polar surface area (TPSA) is 57.7 Å². The fraction of sp³-hybridized carbons (Fsp3) is 0.278. The molecule has 132 valence electrons. The van der Waals surface area contributed by atoms with Gasteiger partial charge in [0.15, 0.2) is 0 Å².